The quantitative estimate of drug-likeness (QED) is 0.262. The number of hydrogen-bond donors (Lipinski definition) is 4. The fraction of sp³-hybridized carbons (Fsp3) is 0.500. The molecule has 0 bridgehead atoms. The normalized spacial score (nSPS) is 33.3. The average molecular weight is 478 g/mol. The maximum absolute atomic E-state index is 13.6. The molecule has 0 radical (unpaired) electrons. The summed E-state index contributed by atoms with van der Waals surface area (Å²) in [6.45, 7) is 1.75. The van der Waals surface area contributed by atoms with Gasteiger partial charge in [-0.25, -0.2) is 0 Å². The summed E-state index contributed by atoms with van der Waals surface area (Å²) >= 11 is 6.39. The van der Waals surface area contributed by atoms with Crippen molar-refractivity contribution in [3.63, 3.8) is 0 Å². The first kappa shape index (κ1) is 23.2. The van der Waals surface area contributed by atoms with E-state index in [0.29, 0.717) is 11.3 Å². The number of nitrogens with two attached hydrogens (primary N) is 2. The highest BCUT2D eigenvalue weighted by Gasteiger charge is 2.67. The van der Waals surface area contributed by atoms with E-state index in [2.05, 4.69) is 0 Å². The van der Waals surface area contributed by atoms with Crippen LogP contribution in [0.15, 0.2) is 0 Å². The van der Waals surface area contributed by atoms with Gasteiger partial charge in [-0.05, 0) is 23.8 Å². The van der Waals surface area contributed by atoms with E-state index in [1.807, 2.05) is 0 Å². The maximum Gasteiger partial charge on any atom is 0.235 e. The van der Waals surface area contributed by atoms with Gasteiger partial charge in [-0.1, -0.05) is 18.5 Å². The molecule has 10 nitrogen and oxygen atoms in total. The fourth-order valence-electron chi connectivity index (χ4n) is 5.87. The van der Waals surface area contributed by atoms with Crippen LogP contribution in [0, 0.1) is 23.7 Å². The third-order valence-electron chi connectivity index (χ3n) is 7.46. The zero-order chi connectivity index (χ0) is 24.7. The summed E-state index contributed by atoms with van der Waals surface area (Å²) in [6.07, 6.45) is -0.398. The first-order chi connectivity index (χ1) is 15.3. The van der Waals surface area contributed by atoms with Crippen LogP contribution in [-0.4, -0.2) is 58.9 Å². The Morgan fingerprint density at radius 1 is 1.18 bits per heavy atom. The second-order valence-corrected chi connectivity index (χ2v) is 9.71. The van der Waals surface area contributed by atoms with E-state index >= 15 is 0 Å². The number of primary amides is 1. The molecule has 1 amide bonds. The lowest BCUT2D eigenvalue weighted by Crippen LogP contribution is -2.68. The molecule has 1 aromatic rings. The molecule has 0 saturated heterocycles. The van der Waals surface area contributed by atoms with Crippen molar-refractivity contribution in [2.24, 2.45) is 29.4 Å². The van der Waals surface area contributed by atoms with E-state index in [9.17, 15) is 34.2 Å². The SMILES string of the molecule is C[C@H]1c2c(c(O)c(N)c(Cl)c2N(C)C)C(=O)C2C(=O)[C@]3(O)C(=O)C(C(N)=O)C(=O)C[C@@H]3C[C@@H]21. The molecule has 2 saturated carbocycles. The van der Waals surface area contributed by atoms with Gasteiger partial charge in [0.25, 0.3) is 0 Å². The number of rotatable bonds is 2. The Hall–Kier alpha value is -2.98. The predicted molar refractivity (Wildman–Crippen MR) is 117 cm³/mol. The number of ketones is 4. The van der Waals surface area contributed by atoms with Gasteiger partial charge in [0, 0.05) is 26.4 Å². The Morgan fingerprint density at radius 2 is 1.79 bits per heavy atom. The van der Waals surface area contributed by atoms with Crippen molar-refractivity contribution in [1.82, 2.24) is 0 Å². The summed E-state index contributed by atoms with van der Waals surface area (Å²) < 4.78 is 0. The van der Waals surface area contributed by atoms with Crippen LogP contribution in [0.5, 0.6) is 5.75 Å². The Balaban J connectivity index is 1.93. The average Bonchev–Trinajstić information content (AvgIpc) is 2.71. The van der Waals surface area contributed by atoms with E-state index in [1.165, 1.54) is 0 Å². The summed E-state index contributed by atoms with van der Waals surface area (Å²) in [4.78, 5) is 65.9. The van der Waals surface area contributed by atoms with Gasteiger partial charge in [0.05, 0.1) is 27.9 Å². The highest BCUT2D eigenvalue weighted by molar-refractivity contribution is 6.37. The molecule has 1 aromatic carbocycles. The second kappa shape index (κ2) is 7.26. The predicted octanol–water partition coefficient (Wildman–Crippen LogP) is 0.189. The fourth-order valence-corrected chi connectivity index (χ4v) is 6.23. The third kappa shape index (κ3) is 2.80. The van der Waals surface area contributed by atoms with Crippen molar-refractivity contribution in [3.8, 4) is 5.75 Å². The Kier molecular flexibility index (Phi) is 5.10. The molecular weight excluding hydrogens is 454 g/mol. The van der Waals surface area contributed by atoms with Crippen LogP contribution in [-0.2, 0) is 19.2 Å². The van der Waals surface area contributed by atoms with E-state index in [1.54, 1.807) is 25.9 Å². The summed E-state index contributed by atoms with van der Waals surface area (Å²) in [5.41, 5.74) is 8.83. The second-order valence-electron chi connectivity index (χ2n) is 9.34. The molecular formula is C22H24ClN3O7. The number of nitrogens with zero attached hydrogens (tertiary/aromatic N) is 1. The topological polar surface area (TPSA) is 181 Å². The lowest BCUT2D eigenvalue weighted by molar-refractivity contribution is -0.176. The number of nitrogen functional groups attached to an aromatic ring is 1. The van der Waals surface area contributed by atoms with Crippen molar-refractivity contribution >= 4 is 52.0 Å². The number of carbonyl (C=O) groups excluding carboxylic acids is 5. The van der Waals surface area contributed by atoms with E-state index in [4.69, 9.17) is 23.1 Å². The molecule has 4 rings (SSSR count). The maximum atomic E-state index is 13.6. The Labute approximate surface area is 193 Å². The molecule has 0 aromatic heterocycles. The van der Waals surface area contributed by atoms with Crippen molar-refractivity contribution in [1.29, 1.82) is 0 Å². The highest BCUT2D eigenvalue weighted by atomic mass is 35.5. The van der Waals surface area contributed by atoms with Crippen molar-refractivity contribution in [3.05, 3.63) is 16.1 Å². The van der Waals surface area contributed by atoms with Crippen LogP contribution in [0.1, 0.15) is 41.6 Å². The molecule has 2 unspecified atom stereocenters. The van der Waals surface area contributed by atoms with Crippen molar-refractivity contribution in [2.75, 3.05) is 24.7 Å². The summed E-state index contributed by atoms with van der Waals surface area (Å²) in [5.74, 6) is -11.5. The van der Waals surface area contributed by atoms with Gasteiger partial charge in [-0.3, -0.25) is 24.0 Å². The molecule has 3 aliphatic carbocycles. The number of carbonyl (C=O) groups is 5. The molecule has 3 aliphatic rings. The minimum absolute atomic E-state index is 0.00214. The summed E-state index contributed by atoms with van der Waals surface area (Å²) in [7, 11) is 3.38. The molecule has 176 valence electrons. The number of fused-ring (bicyclic) bond motifs is 3. The van der Waals surface area contributed by atoms with E-state index < -0.39 is 76.4 Å². The molecule has 33 heavy (non-hydrogen) atoms. The number of hydrogen-bond acceptors (Lipinski definition) is 9. The summed E-state index contributed by atoms with van der Waals surface area (Å²) in [5, 5.41) is 22.0. The minimum Gasteiger partial charge on any atom is -0.505 e. The van der Waals surface area contributed by atoms with Crippen LogP contribution in [0.2, 0.25) is 5.02 Å². The van der Waals surface area contributed by atoms with E-state index in [-0.39, 0.29) is 22.7 Å². The number of Topliss-reactive ketones (excluding diaryl/α,β-unsaturated/α-hetero) is 4. The van der Waals surface area contributed by atoms with Gasteiger partial charge in [-0.2, -0.15) is 0 Å². The summed E-state index contributed by atoms with van der Waals surface area (Å²) in [6, 6.07) is 0. The number of benzene rings is 1. The van der Waals surface area contributed by atoms with Gasteiger partial charge in [-0.15, -0.1) is 0 Å². The Bertz CT molecular complexity index is 1160. The van der Waals surface area contributed by atoms with Gasteiger partial charge in [0.15, 0.2) is 40.4 Å². The van der Waals surface area contributed by atoms with Gasteiger partial charge in [0.1, 0.15) is 0 Å². The first-order valence-electron chi connectivity index (χ1n) is 10.4. The molecule has 0 aliphatic heterocycles. The number of aromatic hydroxyl groups is 1. The molecule has 0 heterocycles. The van der Waals surface area contributed by atoms with Crippen LogP contribution < -0.4 is 16.4 Å². The van der Waals surface area contributed by atoms with Crippen LogP contribution in [0.4, 0.5) is 11.4 Å². The lowest BCUT2D eigenvalue weighted by Gasteiger charge is -2.50. The molecule has 6 atom stereocenters. The molecule has 0 spiro atoms. The molecule has 2 fully saturated rings. The lowest BCUT2D eigenvalue weighted by atomic mass is 9.52. The number of phenolic OH excluding ortho intramolecular Hbond substituents is 1. The van der Waals surface area contributed by atoms with Gasteiger partial charge in [0.2, 0.25) is 5.91 Å². The van der Waals surface area contributed by atoms with Gasteiger partial charge >= 0.3 is 0 Å². The molecule has 11 heteroatoms. The number of phenols is 1. The third-order valence-corrected chi connectivity index (χ3v) is 7.84. The zero-order valence-electron chi connectivity index (χ0n) is 18.2. The first-order valence-corrected chi connectivity index (χ1v) is 10.8. The van der Waals surface area contributed by atoms with E-state index in [0.717, 1.165) is 0 Å². The molecule has 6 N–H and O–H groups in total. The van der Waals surface area contributed by atoms with Crippen LogP contribution in [0.3, 0.4) is 0 Å². The zero-order valence-corrected chi connectivity index (χ0v) is 19.0. The van der Waals surface area contributed by atoms with Gasteiger partial charge < -0.3 is 26.6 Å². The minimum atomic E-state index is -2.69. The number of amides is 1. The number of halogens is 1. The smallest absolute Gasteiger partial charge is 0.235 e. The number of aliphatic hydroxyl groups is 1. The van der Waals surface area contributed by atoms with Crippen molar-refractivity contribution in [2.45, 2.75) is 31.3 Å². The number of anilines is 2. The van der Waals surface area contributed by atoms with Crippen LogP contribution >= 0.6 is 11.6 Å². The standard InChI is InChI=1S/C22H24ClN3O7/c1-6-8-4-7-5-9(27)12(21(25)32)20(31)22(7,33)19(30)11(8)17(28)13-10(6)16(26(2)3)14(23)15(24)18(13)29/h6-8,11-12,29,33H,4-5,24H2,1-3H3,(H2,25,32)/t6-,7+,8-,11?,12?,22+/m1/s1. The largest absolute Gasteiger partial charge is 0.505 e. The highest BCUT2D eigenvalue weighted by Crippen LogP contribution is 2.57. The van der Waals surface area contributed by atoms with Crippen molar-refractivity contribution < 1.29 is 34.2 Å². The van der Waals surface area contributed by atoms with Crippen LogP contribution in [0.25, 0.3) is 0 Å². The monoisotopic (exact) mass is 477 g/mol. The Morgan fingerprint density at radius 3 is 2.33 bits per heavy atom.